The van der Waals surface area contributed by atoms with Crippen molar-refractivity contribution in [1.29, 1.82) is 0 Å². The fraction of sp³-hybridized carbons (Fsp3) is 0.722. The van der Waals surface area contributed by atoms with Crippen molar-refractivity contribution in [2.45, 2.75) is 64.3 Å². The number of rotatable bonds is 3. The Kier molecular flexibility index (Phi) is 5.34. The first-order chi connectivity index (χ1) is 12.3. The lowest BCUT2D eigenvalue weighted by molar-refractivity contribution is 0.00335. The van der Waals surface area contributed by atoms with Crippen LogP contribution >= 0.6 is 0 Å². The average Bonchev–Trinajstić information content (AvgIpc) is 3.08. The molecule has 1 aromatic rings. The Morgan fingerprint density at radius 2 is 2.15 bits per heavy atom. The molecule has 8 nitrogen and oxygen atoms in total. The van der Waals surface area contributed by atoms with Crippen LogP contribution in [0.1, 0.15) is 56.8 Å². The number of aliphatic hydroxyl groups is 1. The standard InChI is InChI=1S/C18H28N4O4/c1-18(2,3)26-17(24)22-9-5-6-13(22)14(23)15-20-12-10-19-8-7-11(12)16(21-15)25-4/h13-14,19,23H,5-10H2,1-4H3/t13-,14?/m0/s1. The van der Waals surface area contributed by atoms with E-state index in [0.717, 1.165) is 30.6 Å². The van der Waals surface area contributed by atoms with Crippen LogP contribution in [0.5, 0.6) is 5.88 Å². The van der Waals surface area contributed by atoms with E-state index in [0.29, 0.717) is 31.2 Å². The third-order valence-electron chi connectivity index (χ3n) is 4.67. The molecule has 2 atom stereocenters. The van der Waals surface area contributed by atoms with E-state index < -0.39 is 23.8 Å². The van der Waals surface area contributed by atoms with Crippen molar-refractivity contribution >= 4 is 6.09 Å². The maximum Gasteiger partial charge on any atom is 0.410 e. The zero-order valence-electron chi connectivity index (χ0n) is 15.9. The van der Waals surface area contributed by atoms with E-state index in [1.54, 1.807) is 12.0 Å². The van der Waals surface area contributed by atoms with Crippen LogP contribution in [0.3, 0.4) is 0 Å². The summed E-state index contributed by atoms with van der Waals surface area (Å²) >= 11 is 0. The molecule has 0 radical (unpaired) electrons. The second kappa shape index (κ2) is 7.36. The fourth-order valence-electron chi connectivity index (χ4n) is 3.48. The fourth-order valence-corrected chi connectivity index (χ4v) is 3.48. The summed E-state index contributed by atoms with van der Waals surface area (Å²) in [5.41, 5.74) is 1.25. The molecule has 26 heavy (non-hydrogen) atoms. The zero-order chi connectivity index (χ0) is 18.9. The lowest BCUT2D eigenvalue weighted by Crippen LogP contribution is -2.42. The monoisotopic (exact) mass is 364 g/mol. The Balaban J connectivity index is 1.84. The van der Waals surface area contributed by atoms with Crippen LogP contribution in [0.15, 0.2) is 0 Å². The predicted octanol–water partition coefficient (Wildman–Crippen LogP) is 1.56. The van der Waals surface area contributed by atoms with Crippen molar-refractivity contribution in [2.24, 2.45) is 0 Å². The number of hydrogen-bond acceptors (Lipinski definition) is 7. The minimum Gasteiger partial charge on any atom is -0.481 e. The van der Waals surface area contributed by atoms with E-state index in [4.69, 9.17) is 9.47 Å². The summed E-state index contributed by atoms with van der Waals surface area (Å²) in [6.07, 6.45) is 0.894. The number of carbonyl (C=O) groups excluding carboxylic acids is 1. The lowest BCUT2D eigenvalue weighted by Gasteiger charge is -2.31. The molecule has 0 spiro atoms. The van der Waals surface area contributed by atoms with E-state index in [2.05, 4.69) is 15.3 Å². The van der Waals surface area contributed by atoms with Crippen LogP contribution in [0, 0.1) is 0 Å². The molecule has 3 rings (SSSR count). The highest BCUT2D eigenvalue weighted by atomic mass is 16.6. The Labute approximate surface area is 153 Å². The van der Waals surface area contributed by atoms with Crippen molar-refractivity contribution in [3.05, 3.63) is 17.1 Å². The number of nitrogens with zero attached hydrogens (tertiary/aromatic N) is 3. The molecule has 0 saturated carbocycles. The SMILES string of the molecule is COc1nc(C(O)[C@@H]2CCCN2C(=O)OC(C)(C)C)nc2c1CCNC2. The predicted molar refractivity (Wildman–Crippen MR) is 94.9 cm³/mol. The summed E-state index contributed by atoms with van der Waals surface area (Å²) in [5, 5.41) is 14.2. The molecule has 1 unspecified atom stereocenters. The van der Waals surface area contributed by atoms with Gasteiger partial charge in [0.05, 0.1) is 18.8 Å². The number of amides is 1. The third-order valence-corrected chi connectivity index (χ3v) is 4.67. The first kappa shape index (κ1) is 18.8. The number of methoxy groups -OCH3 is 1. The van der Waals surface area contributed by atoms with Crippen LogP contribution < -0.4 is 10.1 Å². The van der Waals surface area contributed by atoms with Crippen LogP contribution in [-0.4, -0.2) is 57.9 Å². The molecular weight excluding hydrogens is 336 g/mol. The first-order valence-electron chi connectivity index (χ1n) is 9.12. The van der Waals surface area contributed by atoms with E-state index in [9.17, 15) is 9.90 Å². The number of ether oxygens (including phenoxy) is 2. The molecule has 1 amide bonds. The van der Waals surface area contributed by atoms with Crippen molar-refractivity contribution in [3.63, 3.8) is 0 Å². The van der Waals surface area contributed by atoms with Crippen molar-refractivity contribution in [1.82, 2.24) is 20.2 Å². The van der Waals surface area contributed by atoms with Gasteiger partial charge >= 0.3 is 6.09 Å². The van der Waals surface area contributed by atoms with E-state index in [1.807, 2.05) is 20.8 Å². The minimum absolute atomic E-state index is 0.296. The van der Waals surface area contributed by atoms with Gasteiger partial charge in [-0.1, -0.05) is 0 Å². The summed E-state index contributed by atoms with van der Waals surface area (Å²) in [7, 11) is 1.57. The Bertz CT molecular complexity index is 657. The largest absolute Gasteiger partial charge is 0.481 e. The quantitative estimate of drug-likeness (QED) is 0.840. The number of nitrogens with one attached hydrogen (secondary N) is 1. The minimum atomic E-state index is -0.980. The smallest absolute Gasteiger partial charge is 0.410 e. The van der Waals surface area contributed by atoms with Gasteiger partial charge in [0.15, 0.2) is 5.82 Å². The van der Waals surface area contributed by atoms with Gasteiger partial charge in [-0.05, 0) is 46.6 Å². The highest BCUT2D eigenvalue weighted by Crippen LogP contribution is 2.31. The maximum absolute atomic E-state index is 12.5. The molecule has 2 aliphatic rings. The second-order valence-corrected chi connectivity index (χ2v) is 7.77. The van der Waals surface area contributed by atoms with Crippen molar-refractivity contribution < 1.29 is 19.4 Å². The van der Waals surface area contributed by atoms with Gasteiger partial charge in [0.2, 0.25) is 5.88 Å². The highest BCUT2D eigenvalue weighted by Gasteiger charge is 2.38. The highest BCUT2D eigenvalue weighted by molar-refractivity contribution is 5.69. The van der Waals surface area contributed by atoms with Crippen molar-refractivity contribution in [2.75, 3.05) is 20.2 Å². The normalized spacial score (nSPS) is 21.3. The first-order valence-corrected chi connectivity index (χ1v) is 9.12. The van der Waals surface area contributed by atoms with Gasteiger partial charge in [-0.25, -0.2) is 9.78 Å². The zero-order valence-corrected chi connectivity index (χ0v) is 15.9. The number of hydrogen-bond donors (Lipinski definition) is 2. The molecule has 1 aromatic heterocycles. The van der Waals surface area contributed by atoms with E-state index in [-0.39, 0.29) is 0 Å². The van der Waals surface area contributed by atoms with Gasteiger partial charge in [0, 0.05) is 18.7 Å². The number of fused-ring (bicyclic) bond motifs is 1. The van der Waals surface area contributed by atoms with Gasteiger partial charge in [-0.15, -0.1) is 0 Å². The van der Waals surface area contributed by atoms with Crippen LogP contribution in [-0.2, 0) is 17.7 Å². The van der Waals surface area contributed by atoms with Gasteiger partial charge < -0.3 is 24.8 Å². The molecule has 1 fully saturated rings. The number of carbonyl (C=O) groups is 1. The molecule has 2 aliphatic heterocycles. The molecule has 1 saturated heterocycles. The molecule has 3 heterocycles. The van der Waals surface area contributed by atoms with E-state index in [1.165, 1.54) is 0 Å². The summed E-state index contributed by atoms with van der Waals surface area (Å²) < 4.78 is 10.9. The molecule has 8 heteroatoms. The Morgan fingerprint density at radius 3 is 2.85 bits per heavy atom. The molecule has 0 aromatic carbocycles. The summed E-state index contributed by atoms with van der Waals surface area (Å²) in [6, 6.07) is -0.399. The van der Waals surface area contributed by atoms with Gasteiger partial charge in [-0.2, -0.15) is 4.98 Å². The number of aromatic nitrogens is 2. The third kappa shape index (κ3) is 3.91. The van der Waals surface area contributed by atoms with Gasteiger partial charge in [0.1, 0.15) is 11.7 Å². The maximum atomic E-state index is 12.5. The van der Waals surface area contributed by atoms with Gasteiger partial charge in [0.25, 0.3) is 0 Å². The van der Waals surface area contributed by atoms with Gasteiger partial charge in [-0.3, -0.25) is 0 Å². The Hall–Kier alpha value is -1.93. The van der Waals surface area contributed by atoms with Crippen LogP contribution in [0.25, 0.3) is 0 Å². The number of likely N-dealkylation sites (tertiary alicyclic amines) is 1. The summed E-state index contributed by atoms with van der Waals surface area (Å²) in [6.45, 7) is 7.52. The Morgan fingerprint density at radius 1 is 1.38 bits per heavy atom. The molecule has 2 N–H and O–H groups in total. The van der Waals surface area contributed by atoms with Crippen molar-refractivity contribution in [3.8, 4) is 5.88 Å². The van der Waals surface area contributed by atoms with Crippen LogP contribution in [0.2, 0.25) is 0 Å². The van der Waals surface area contributed by atoms with E-state index >= 15 is 0 Å². The molecular formula is C18H28N4O4. The van der Waals surface area contributed by atoms with Crippen LogP contribution in [0.4, 0.5) is 4.79 Å². The molecule has 0 aliphatic carbocycles. The topological polar surface area (TPSA) is 96.8 Å². The molecule has 144 valence electrons. The number of aliphatic hydroxyl groups excluding tert-OH is 1. The summed E-state index contributed by atoms with van der Waals surface area (Å²) in [5.74, 6) is 0.803. The average molecular weight is 364 g/mol. The second-order valence-electron chi connectivity index (χ2n) is 7.77. The molecule has 0 bridgehead atoms. The summed E-state index contributed by atoms with van der Waals surface area (Å²) in [4.78, 5) is 23.0. The lowest BCUT2D eigenvalue weighted by atomic mass is 10.1.